The van der Waals surface area contributed by atoms with Gasteiger partial charge in [-0.3, -0.25) is 14.4 Å². The third-order valence-corrected chi connectivity index (χ3v) is 6.34. The molecule has 0 saturated heterocycles. The fourth-order valence-corrected chi connectivity index (χ4v) is 4.23. The first-order valence-corrected chi connectivity index (χ1v) is 13.0. The third kappa shape index (κ3) is 7.69. The summed E-state index contributed by atoms with van der Waals surface area (Å²) in [5.74, 6) is -0.485. The van der Waals surface area contributed by atoms with Crippen LogP contribution in [0.5, 0.6) is 5.75 Å². The molecule has 0 atom stereocenters. The van der Waals surface area contributed by atoms with Crippen molar-refractivity contribution >= 4 is 39.0 Å². The molecular weight excluding hydrogens is 456 g/mol. The Labute approximate surface area is 201 Å². The summed E-state index contributed by atoms with van der Waals surface area (Å²) in [6.45, 7) is 4.14. The number of ketones is 1. The topological polar surface area (TPSA) is 101 Å². The van der Waals surface area contributed by atoms with Gasteiger partial charge in [0.05, 0.1) is 18.6 Å². The standard InChI is InChI=1S/C25H32N2O6S/c1-5-6-7-18-33-23-14-8-20(9-15-23)24(29)16-17-25(30)27(34(4,31)32)22-12-10-21(11-13-22)26(3)19(2)28/h8-15H,5-7,16-18H2,1-4H3. The van der Waals surface area contributed by atoms with E-state index in [0.717, 1.165) is 25.5 Å². The lowest BCUT2D eigenvalue weighted by atomic mass is 10.1. The predicted octanol–water partition coefficient (Wildman–Crippen LogP) is 4.19. The summed E-state index contributed by atoms with van der Waals surface area (Å²) in [5, 5.41) is 0. The molecule has 2 aromatic rings. The van der Waals surface area contributed by atoms with Gasteiger partial charge in [-0.1, -0.05) is 19.8 Å². The highest BCUT2D eigenvalue weighted by Crippen LogP contribution is 2.24. The summed E-state index contributed by atoms with van der Waals surface area (Å²) < 4.78 is 31.0. The smallest absolute Gasteiger partial charge is 0.241 e. The predicted molar refractivity (Wildman–Crippen MR) is 133 cm³/mol. The first-order valence-electron chi connectivity index (χ1n) is 11.2. The van der Waals surface area contributed by atoms with Crippen molar-refractivity contribution in [1.82, 2.24) is 0 Å². The van der Waals surface area contributed by atoms with Crippen LogP contribution < -0.4 is 13.9 Å². The Balaban J connectivity index is 2.03. The molecule has 34 heavy (non-hydrogen) atoms. The van der Waals surface area contributed by atoms with Crippen molar-refractivity contribution in [3.63, 3.8) is 0 Å². The molecule has 2 rings (SSSR count). The molecule has 0 N–H and O–H groups in total. The van der Waals surface area contributed by atoms with Crippen molar-refractivity contribution in [3.05, 3.63) is 54.1 Å². The number of rotatable bonds is 12. The van der Waals surface area contributed by atoms with Crippen LogP contribution in [0.25, 0.3) is 0 Å². The first-order chi connectivity index (χ1) is 16.0. The zero-order valence-electron chi connectivity index (χ0n) is 20.1. The van der Waals surface area contributed by atoms with Gasteiger partial charge in [-0.15, -0.1) is 0 Å². The molecule has 0 heterocycles. The number of benzene rings is 2. The van der Waals surface area contributed by atoms with Crippen molar-refractivity contribution in [2.75, 3.05) is 29.1 Å². The van der Waals surface area contributed by atoms with Crippen LogP contribution in [0, 0.1) is 0 Å². The van der Waals surface area contributed by atoms with Crippen LogP contribution in [0.4, 0.5) is 11.4 Å². The molecule has 0 aliphatic rings. The van der Waals surface area contributed by atoms with Crippen molar-refractivity contribution in [2.24, 2.45) is 0 Å². The van der Waals surface area contributed by atoms with Gasteiger partial charge in [0, 0.05) is 38.1 Å². The second-order valence-corrected chi connectivity index (χ2v) is 9.85. The quantitative estimate of drug-likeness (QED) is 0.328. The van der Waals surface area contributed by atoms with Gasteiger partial charge < -0.3 is 9.64 Å². The number of carbonyl (C=O) groups is 3. The summed E-state index contributed by atoms with van der Waals surface area (Å²) in [6.07, 6.45) is 3.69. The number of ether oxygens (including phenoxy) is 1. The molecular formula is C25H32N2O6S. The molecule has 184 valence electrons. The minimum Gasteiger partial charge on any atom is -0.494 e. The molecule has 8 nitrogen and oxygen atoms in total. The molecule has 9 heteroatoms. The number of hydrogen-bond acceptors (Lipinski definition) is 6. The maximum Gasteiger partial charge on any atom is 0.241 e. The van der Waals surface area contributed by atoms with E-state index in [4.69, 9.17) is 4.74 Å². The average Bonchev–Trinajstić information content (AvgIpc) is 2.80. The van der Waals surface area contributed by atoms with Crippen LogP contribution in [0.2, 0.25) is 0 Å². The molecule has 0 aliphatic carbocycles. The van der Waals surface area contributed by atoms with Gasteiger partial charge in [-0.05, 0) is 55.0 Å². The van der Waals surface area contributed by atoms with Crippen molar-refractivity contribution in [1.29, 1.82) is 0 Å². The number of amides is 2. The third-order valence-electron chi connectivity index (χ3n) is 5.26. The summed E-state index contributed by atoms with van der Waals surface area (Å²) in [4.78, 5) is 38.3. The molecule has 0 radical (unpaired) electrons. The highest BCUT2D eigenvalue weighted by Gasteiger charge is 2.26. The van der Waals surface area contributed by atoms with E-state index < -0.39 is 15.9 Å². The lowest BCUT2D eigenvalue weighted by Gasteiger charge is -2.22. The van der Waals surface area contributed by atoms with E-state index in [1.54, 1.807) is 43.4 Å². The van der Waals surface area contributed by atoms with Gasteiger partial charge >= 0.3 is 0 Å². The van der Waals surface area contributed by atoms with Crippen LogP contribution in [0.15, 0.2) is 48.5 Å². The van der Waals surface area contributed by atoms with Crippen molar-refractivity contribution in [3.8, 4) is 5.75 Å². The minimum atomic E-state index is -3.92. The normalized spacial score (nSPS) is 11.1. The molecule has 2 amide bonds. The maximum absolute atomic E-state index is 12.8. The second kappa shape index (κ2) is 12.3. The highest BCUT2D eigenvalue weighted by atomic mass is 32.2. The lowest BCUT2D eigenvalue weighted by molar-refractivity contribution is -0.117. The Morgan fingerprint density at radius 2 is 1.47 bits per heavy atom. The first kappa shape index (κ1) is 27.0. The summed E-state index contributed by atoms with van der Waals surface area (Å²) in [6, 6.07) is 12.7. The zero-order chi connectivity index (χ0) is 25.3. The van der Waals surface area contributed by atoms with Gasteiger partial charge in [-0.25, -0.2) is 12.7 Å². The fraction of sp³-hybridized carbons (Fsp3) is 0.400. The van der Waals surface area contributed by atoms with Gasteiger partial charge in [-0.2, -0.15) is 0 Å². The molecule has 0 bridgehead atoms. The van der Waals surface area contributed by atoms with Gasteiger partial charge in [0.15, 0.2) is 5.78 Å². The van der Waals surface area contributed by atoms with E-state index in [9.17, 15) is 22.8 Å². The number of nitrogens with zero attached hydrogens (tertiary/aromatic N) is 2. The molecule has 2 aromatic carbocycles. The monoisotopic (exact) mass is 488 g/mol. The number of hydrogen-bond donors (Lipinski definition) is 0. The number of Topliss-reactive ketones (excluding diaryl/α,β-unsaturated/α-hetero) is 1. The maximum atomic E-state index is 12.8. The molecule has 0 spiro atoms. The van der Waals surface area contributed by atoms with Crippen LogP contribution in [-0.4, -0.2) is 45.9 Å². The van der Waals surface area contributed by atoms with Crippen LogP contribution in [-0.2, 0) is 19.6 Å². The Morgan fingerprint density at radius 1 is 0.882 bits per heavy atom. The van der Waals surface area contributed by atoms with E-state index in [2.05, 4.69) is 6.92 Å². The second-order valence-electron chi connectivity index (χ2n) is 8.02. The zero-order valence-corrected chi connectivity index (χ0v) is 20.9. The molecule has 0 saturated carbocycles. The molecule has 0 aliphatic heterocycles. The van der Waals surface area contributed by atoms with Crippen LogP contribution in [0.3, 0.4) is 0 Å². The van der Waals surface area contributed by atoms with Crippen molar-refractivity contribution in [2.45, 2.75) is 46.0 Å². The van der Waals surface area contributed by atoms with E-state index in [-0.39, 0.29) is 30.2 Å². The summed E-state index contributed by atoms with van der Waals surface area (Å²) >= 11 is 0. The fourth-order valence-electron chi connectivity index (χ4n) is 3.26. The molecule has 0 aromatic heterocycles. The van der Waals surface area contributed by atoms with E-state index in [0.29, 0.717) is 27.9 Å². The van der Waals surface area contributed by atoms with Gasteiger partial charge in [0.25, 0.3) is 0 Å². The van der Waals surface area contributed by atoms with Gasteiger partial charge in [0.1, 0.15) is 5.75 Å². The average molecular weight is 489 g/mol. The Morgan fingerprint density at radius 3 is 2.00 bits per heavy atom. The van der Waals surface area contributed by atoms with E-state index in [1.807, 2.05) is 0 Å². The summed E-state index contributed by atoms with van der Waals surface area (Å²) in [5.41, 5.74) is 1.13. The Kier molecular flexibility index (Phi) is 9.80. The Bertz CT molecular complexity index is 1100. The van der Waals surface area contributed by atoms with Crippen molar-refractivity contribution < 1.29 is 27.5 Å². The van der Waals surface area contributed by atoms with E-state index in [1.165, 1.54) is 24.0 Å². The van der Waals surface area contributed by atoms with Crippen LogP contribution >= 0.6 is 0 Å². The number of unbranched alkanes of at least 4 members (excludes halogenated alkanes) is 2. The molecule has 0 unspecified atom stereocenters. The largest absolute Gasteiger partial charge is 0.494 e. The number of sulfonamides is 1. The SMILES string of the molecule is CCCCCOc1ccc(C(=O)CCC(=O)N(c2ccc(N(C)C(C)=O)cc2)S(C)(=O)=O)cc1. The number of anilines is 2. The molecule has 0 fully saturated rings. The van der Waals surface area contributed by atoms with Crippen LogP contribution in [0.1, 0.15) is 56.3 Å². The van der Waals surface area contributed by atoms with Gasteiger partial charge in [0.2, 0.25) is 21.8 Å². The number of carbonyl (C=O) groups excluding carboxylic acids is 3. The minimum absolute atomic E-state index is 0.132. The highest BCUT2D eigenvalue weighted by molar-refractivity contribution is 7.92. The lowest BCUT2D eigenvalue weighted by Crippen LogP contribution is -2.36. The van der Waals surface area contributed by atoms with E-state index >= 15 is 0 Å². The Hall–Kier alpha value is -3.20. The summed E-state index contributed by atoms with van der Waals surface area (Å²) in [7, 11) is -2.33.